The lowest BCUT2D eigenvalue weighted by molar-refractivity contribution is 0.101. The van der Waals surface area contributed by atoms with Crippen LogP contribution in [0.2, 0.25) is 0 Å². The van der Waals surface area contributed by atoms with Gasteiger partial charge in [-0.25, -0.2) is 4.98 Å². The molecule has 9 heteroatoms. The summed E-state index contributed by atoms with van der Waals surface area (Å²) < 4.78 is 17.1. The van der Waals surface area contributed by atoms with Crippen molar-refractivity contribution in [2.45, 2.75) is 0 Å². The largest absolute Gasteiger partial charge is 0.493 e. The molecule has 4 rings (SSSR count). The van der Waals surface area contributed by atoms with Crippen molar-refractivity contribution in [2.24, 2.45) is 0 Å². The van der Waals surface area contributed by atoms with Gasteiger partial charge in [-0.15, -0.1) is 11.3 Å². The Balaban J connectivity index is 1.84. The molecule has 2 aromatic heterocycles. The lowest BCUT2D eigenvalue weighted by Gasteiger charge is -2.16. The molecule has 8 nitrogen and oxygen atoms in total. The molecule has 1 amide bonds. The zero-order valence-corrected chi connectivity index (χ0v) is 17.9. The number of hydrogen-bond donors (Lipinski definition) is 1. The molecule has 0 aliphatic heterocycles. The molecule has 2 heterocycles. The van der Waals surface area contributed by atoms with Gasteiger partial charge in [0.05, 0.1) is 37.1 Å². The van der Waals surface area contributed by atoms with E-state index in [9.17, 15) is 9.59 Å². The van der Waals surface area contributed by atoms with Crippen molar-refractivity contribution in [3.8, 4) is 28.0 Å². The van der Waals surface area contributed by atoms with Crippen LogP contribution in [0.25, 0.3) is 21.6 Å². The first-order valence-electron chi connectivity index (χ1n) is 9.24. The monoisotopic (exact) mass is 437 g/mol. The van der Waals surface area contributed by atoms with Crippen LogP contribution in [-0.2, 0) is 0 Å². The van der Waals surface area contributed by atoms with E-state index in [1.807, 2.05) is 23.6 Å². The van der Waals surface area contributed by atoms with Crippen LogP contribution in [0.5, 0.6) is 17.2 Å². The molecule has 0 unspecified atom stereocenters. The molecule has 31 heavy (non-hydrogen) atoms. The van der Waals surface area contributed by atoms with Crippen LogP contribution in [-0.4, -0.2) is 36.9 Å². The predicted molar refractivity (Wildman–Crippen MR) is 119 cm³/mol. The number of carbonyl (C=O) groups is 1. The average molecular weight is 437 g/mol. The summed E-state index contributed by atoms with van der Waals surface area (Å²) in [5.74, 6) is 0.838. The Hall–Kier alpha value is -3.85. The van der Waals surface area contributed by atoms with Crippen LogP contribution >= 0.6 is 11.3 Å². The Labute approximate surface area is 181 Å². The highest BCUT2D eigenvalue weighted by molar-refractivity contribution is 7.13. The molecule has 0 spiro atoms. The van der Waals surface area contributed by atoms with E-state index < -0.39 is 5.91 Å². The van der Waals surface area contributed by atoms with E-state index >= 15 is 0 Å². The van der Waals surface area contributed by atoms with E-state index in [1.54, 1.807) is 18.2 Å². The Morgan fingerprint density at radius 1 is 1.00 bits per heavy atom. The fourth-order valence-corrected chi connectivity index (χ4v) is 3.89. The van der Waals surface area contributed by atoms with E-state index in [2.05, 4.69) is 10.4 Å². The van der Waals surface area contributed by atoms with Gasteiger partial charge >= 0.3 is 0 Å². The summed E-state index contributed by atoms with van der Waals surface area (Å²) in [6.45, 7) is 0. The average Bonchev–Trinajstić information content (AvgIpc) is 3.34. The van der Waals surface area contributed by atoms with Crippen molar-refractivity contribution in [1.82, 2.24) is 9.66 Å². The third-order valence-electron chi connectivity index (χ3n) is 4.66. The lowest BCUT2D eigenvalue weighted by atomic mass is 10.1. The number of para-hydroxylation sites is 1. The smallest absolute Gasteiger partial charge is 0.280 e. The van der Waals surface area contributed by atoms with Crippen molar-refractivity contribution in [2.75, 3.05) is 26.8 Å². The van der Waals surface area contributed by atoms with Crippen LogP contribution < -0.4 is 25.2 Å². The van der Waals surface area contributed by atoms with Gasteiger partial charge < -0.3 is 14.2 Å². The van der Waals surface area contributed by atoms with Crippen molar-refractivity contribution in [3.05, 3.63) is 69.8 Å². The maximum absolute atomic E-state index is 13.2. The second kappa shape index (κ2) is 8.49. The van der Waals surface area contributed by atoms with Crippen LogP contribution in [0, 0.1) is 0 Å². The Morgan fingerprint density at radius 2 is 1.71 bits per heavy atom. The summed E-state index contributed by atoms with van der Waals surface area (Å²) >= 11 is 1.42. The van der Waals surface area contributed by atoms with Gasteiger partial charge in [0.15, 0.2) is 17.3 Å². The van der Waals surface area contributed by atoms with Crippen molar-refractivity contribution in [1.29, 1.82) is 0 Å². The topological polar surface area (TPSA) is 91.7 Å². The van der Waals surface area contributed by atoms with Gasteiger partial charge in [0.1, 0.15) is 0 Å². The summed E-state index contributed by atoms with van der Waals surface area (Å²) in [4.78, 5) is 31.7. The first-order chi connectivity index (χ1) is 15.1. The zero-order valence-electron chi connectivity index (χ0n) is 17.0. The summed E-state index contributed by atoms with van der Waals surface area (Å²) in [6.07, 6.45) is 0. The number of fused-ring (bicyclic) bond motifs is 1. The van der Waals surface area contributed by atoms with Gasteiger partial charge in [-0.05, 0) is 35.7 Å². The molecule has 0 fully saturated rings. The minimum absolute atomic E-state index is 0.228. The quantitative estimate of drug-likeness (QED) is 0.496. The maximum atomic E-state index is 13.2. The SMILES string of the molecule is COc1cc(C(=O)Nn2c(-c3cccs3)nc3ccccc3c2=O)cc(OC)c1OC. The fourth-order valence-electron chi connectivity index (χ4n) is 3.19. The van der Waals surface area contributed by atoms with Crippen molar-refractivity contribution >= 4 is 28.1 Å². The number of aromatic nitrogens is 2. The van der Waals surface area contributed by atoms with Gasteiger partial charge in [-0.3, -0.25) is 15.0 Å². The number of rotatable bonds is 6. The second-order valence-electron chi connectivity index (χ2n) is 6.43. The van der Waals surface area contributed by atoms with Crippen LogP contribution in [0.4, 0.5) is 0 Å². The molecule has 4 aromatic rings. The Kier molecular flexibility index (Phi) is 5.59. The molecule has 0 aliphatic rings. The molecule has 0 saturated carbocycles. The van der Waals surface area contributed by atoms with Crippen molar-refractivity contribution in [3.63, 3.8) is 0 Å². The number of carbonyl (C=O) groups excluding carboxylic acids is 1. The second-order valence-corrected chi connectivity index (χ2v) is 7.37. The number of methoxy groups -OCH3 is 3. The summed E-state index contributed by atoms with van der Waals surface area (Å²) in [5.41, 5.74) is 3.07. The van der Waals surface area contributed by atoms with Gasteiger partial charge in [0.25, 0.3) is 11.5 Å². The first kappa shape index (κ1) is 20.4. The highest BCUT2D eigenvalue weighted by Gasteiger charge is 2.20. The molecular formula is C22H19N3O5S. The van der Waals surface area contributed by atoms with Crippen LogP contribution in [0.1, 0.15) is 10.4 Å². The molecule has 1 N–H and O–H groups in total. The fraction of sp³-hybridized carbons (Fsp3) is 0.136. The normalized spacial score (nSPS) is 10.7. The molecule has 158 valence electrons. The third kappa shape index (κ3) is 3.71. The number of ether oxygens (including phenoxy) is 3. The highest BCUT2D eigenvalue weighted by atomic mass is 32.1. The number of nitrogens with one attached hydrogen (secondary N) is 1. The molecule has 0 atom stereocenters. The molecule has 0 saturated heterocycles. The van der Waals surface area contributed by atoms with E-state index in [0.29, 0.717) is 34.0 Å². The number of benzene rings is 2. The van der Waals surface area contributed by atoms with Crippen LogP contribution in [0.15, 0.2) is 58.7 Å². The maximum Gasteiger partial charge on any atom is 0.280 e. The van der Waals surface area contributed by atoms with Gasteiger partial charge in [0.2, 0.25) is 5.75 Å². The lowest BCUT2D eigenvalue weighted by Crippen LogP contribution is -2.35. The summed E-state index contributed by atoms with van der Waals surface area (Å²) in [7, 11) is 4.41. The predicted octanol–water partition coefficient (Wildman–Crippen LogP) is 3.53. The zero-order chi connectivity index (χ0) is 22.0. The van der Waals surface area contributed by atoms with E-state index in [0.717, 1.165) is 4.88 Å². The molecule has 0 radical (unpaired) electrons. The van der Waals surface area contributed by atoms with E-state index in [4.69, 9.17) is 14.2 Å². The molecule has 0 bridgehead atoms. The van der Waals surface area contributed by atoms with Crippen LogP contribution in [0.3, 0.4) is 0 Å². The summed E-state index contributed by atoms with van der Waals surface area (Å²) in [6, 6.07) is 13.7. The number of amides is 1. The molecule has 0 aliphatic carbocycles. The van der Waals surface area contributed by atoms with E-state index in [1.165, 1.54) is 49.5 Å². The van der Waals surface area contributed by atoms with E-state index in [-0.39, 0.29) is 11.1 Å². The molecular weight excluding hydrogens is 418 g/mol. The van der Waals surface area contributed by atoms with Gasteiger partial charge in [-0.1, -0.05) is 18.2 Å². The molecule has 2 aromatic carbocycles. The highest BCUT2D eigenvalue weighted by Crippen LogP contribution is 2.38. The number of hydrogen-bond acceptors (Lipinski definition) is 7. The van der Waals surface area contributed by atoms with Gasteiger partial charge in [0, 0.05) is 5.56 Å². The Bertz CT molecular complexity index is 1290. The standard InChI is InChI=1S/C22H19N3O5S/c1-28-16-11-13(12-17(29-2)19(16)30-3)21(26)24-25-20(18-9-6-10-31-18)23-15-8-5-4-7-14(15)22(25)27/h4-12H,1-3H3,(H,24,26). The Morgan fingerprint density at radius 3 is 2.32 bits per heavy atom. The first-order valence-corrected chi connectivity index (χ1v) is 10.1. The number of thiophene rings is 1. The summed E-state index contributed by atoms with van der Waals surface area (Å²) in [5, 5.41) is 2.27. The third-order valence-corrected chi connectivity index (χ3v) is 5.52. The minimum Gasteiger partial charge on any atom is -0.493 e. The number of nitrogens with zero attached hydrogens (tertiary/aromatic N) is 2. The van der Waals surface area contributed by atoms with Gasteiger partial charge in [-0.2, -0.15) is 4.68 Å². The minimum atomic E-state index is -0.531. The van der Waals surface area contributed by atoms with Crippen molar-refractivity contribution < 1.29 is 19.0 Å².